The van der Waals surface area contributed by atoms with Gasteiger partial charge in [-0.3, -0.25) is 0 Å². The third-order valence-electron chi connectivity index (χ3n) is 2.83. The molecule has 0 amide bonds. The predicted molar refractivity (Wildman–Crippen MR) is 77.2 cm³/mol. The lowest BCUT2D eigenvalue weighted by Crippen LogP contribution is -2.32. The first-order chi connectivity index (χ1) is 9.01. The smallest absolute Gasteiger partial charge is 0.285 e. The number of hydrogen-bond donors (Lipinski definition) is 0. The first-order valence-electron chi connectivity index (χ1n) is 6.01. The first-order valence-corrected chi connectivity index (χ1v) is 7.82. The van der Waals surface area contributed by atoms with Crippen LogP contribution in [0.3, 0.4) is 0 Å². The Morgan fingerprint density at radius 1 is 1.47 bits per heavy atom. The van der Waals surface area contributed by atoms with E-state index in [0.717, 1.165) is 6.42 Å². The van der Waals surface area contributed by atoms with E-state index < -0.39 is 10.0 Å². The molecule has 4 nitrogen and oxygen atoms in total. The largest absolute Gasteiger partial charge is 0.352 e. The molecule has 0 aromatic heterocycles. The number of benzene rings is 1. The van der Waals surface area contributed by atoms with Gasteiger partial charge in [0, 0.05) is 13.1 Å². The molecule has 0 spiro atoms. The van der Waals surface area contributed by atoms with Gasteiger partial charge in [-0.15, -0.1) is 11.0 Å². The summed E-state index contributed by atoms with van der Waals surface area (Å²) in [6, 6.07) is 4.83. The summed E-state index contributed by atoms with van der Waals surface area (Å²) in [5.74, 6) is 0.419. The van der Waals surface area contributed by atoms with E-state index in [2.05, 4.69) is 11.0 Å². The fourth-order valence-electron chi connectivity index (χ4n) is 2.07. The summed E-state index contributed by atoms with van der Waals surface area (Å²) in [6.45, 7) is 6.95. The molecule has 102 valence electrons. The molecule has 0 saturated heterocycles. The maximum absolute atomic E-state index is 12.0. The van der Waals surface area contributed by atoms with Crippen molar-refractivity contribution in [2.24, 2.45) is 4.40 Å². The van der Waals surface area contributed by atoms with Crippen LogP contribution in [0.15, 0.2) is 40.1 Å². The third-order valence-corrected chi connectivity index (χ3v) is 4.45. The number of amidine groups is 1. The van der Waals surface area contributed by atoms with Gasteiger partial charge in [0.15, 0.2) is 5.84 Å². The van der Waals surface area contributed by atoms with Crippen molar-refractivity contribution in [1.82, 2.24) is 4.90 Å². The van der Waals surface area contributed by atoms with Gasteiger partial charge in [-0.2, -0.15) is 8.42 Å². The van der Waals surface area contributed by atoms with Crippen LogP contribution in [0.5, 0.6) is 0 Å². The van der Waals surface area contributed by atoms with Crippen LogP contribution in [-0.2, 0) is 10.0 Å². The Bertz CT molecular complexity index is 638. The molecule has 1 aliphatic heterocycles. The zero-order valence-corrected chi connectivity index (χ0v) is 12.2. The van der Waals surface area contributed by atoms with E-state index in [0.29, 0.717) is 29.5 Å². The van der Waals surface area contributed by atoms with E-state index in [1.165, 1.54) is 6.07 Å². The van der Waals surface area contributed by atoms with E-state index in [9.17, 15) is 8.42 Å². The Hall–Kier alpha value is -1.33. The van der Waals surface area contributed by atoms with Crippen LogP contribution in [0.25, 0.3) is 0 Å². The van der Waals surface area contributed by atoms with Crippen LogP contribution in [0.4, 0.5) is 0 Å². The monoisotopic (exact) mass is 298 g/mol. The van der Waals surface area contributed by atoms with Crippen molar-refractivity contribution < 1.29 is 8.42 Å². The standard InChI is InChI=1S/C13H15ClN2O2S/c1-3-8-16(9-4-2)13-12-10(14)6-5-7-11(12)19(17,18)15-13/h3,5-7H,1,4,8-9H2,2H3. The summed E-state index contributed by atoms with van der Waals surface area (Å²) in [7, 11) is -3.63. The van der Waals surface area contributed by atoms with Gasteiger partial charge in [-0.25, -0.2) is 0 Å². The minimum atomic E-state index is -3.63. The predicted octanol–water partition coefficient (Wildman–Crippen LogP) is 2.69. The summed E-state index contributed by atoms with van der Waals surface area (Å²) in [4.78, 5) is 2.06. The van der Waals surface area contributed by atoms with Crippen LogP contribution in [0, 0.1) is 0 Å². The van der Waals surface area contributed by atoms with Gasteiger partial charge in [0.25, 0.3) is 10.0 Å². The topological polar surface area (TPSA) is 49.7 Å². The Morgan fingerprint density at radius 3 is 2.84 bits per heavy atom. The van der Waals surface area contributed by atoms with E-state index in [4.69, 9.17) is 11.6 Å². The molecule has 0 saturated carbocycles. The molecular formula is C13H15ClN2O2S. The van der Waals surface area contributed by atoms with Gasteiger partial charge in [0.05, 0.1) is 10.6 Å². The van der Waals surface area contributed by atoms with Crippen molar-refractivity contribution >= 4 is 27.5 Å². The SMILES string of the molecule is C=CCN(CCC)C1=NS(=O)(=O)c2cccc(Cl)c21. The van der Waals surface area contributed by atoms with Crippen LogP contribution in [0.2, 0.25) is 5.02 Å². The number of halogens is 1. The molecule has 0 unspecified atom stereocenters. The lowest BCUT2D eigenvalue weighted by atomic mass is 10.2. The van der Waals surface area contributed by atoms with Crippen LogP contribution < -0.4 is 0 Å². The molecule has 0 atom stereocenters. The van der Waals surface area contributed by atoms with E-state index >= 15 is 0 Å². The van der Waals surface area contributed by atoms with Crippen LogP contribution in [-0.4, -0.2) is 32.2 Å². The van der Waals surface area contributed by atoms with Gasteiger partial charge >= 0.3 is 0 Å². The van der Waals surface area contributed by atoms with E-state index in [1.54, 1.807) is 18.2 Å². The van der Waals surface area contributed by atoms with Crippen LogP contribution in [0.1, 0.15) is 18.9 Å². The Balaban J connectivity index is 2.57. The number of nitrogens with zero attached hydrogens (tertiary/aromatic N) is 2. The van der Waals surface area contributed by atoms with E-state index in [1.807, 2.05) is 11.8 Å². The fourth-order valence-corrected chi connectivity index (χ4v) is 3.63. The molecule has 1 heterocycles. The molecule has 1 aromatic carbocycles. The molecule has 1 aliphatic rings. The zero-order chi connectivity index (χ0) is 14.0. The molecule has 19 heavy (non-hydrogen) atoms. The summed E-state index contributed by atoms with van der Waals surface area (Å²) < 4.78 is 27.9. The molecule has 1 aromatic rings. The number of hydrogen-bond acceptors (Lipinski definition) is 3. The second-order valence-electron chi connectivity index (χ2n) is 4.24. The minimum Gasteiger partial charge on any atom is -0.352 e. The number of sulfonamides is 1. The number of rotatable bonds is 4. The Kier molecular flexibility index (Phi) is 3.96. The van der Waals surface area contributed by atoms with Crippen molar-refractivity contribution in [1.29, 1.82) is 0 Å². The third kappa shape index (κ3) is 2.53. The molecule has 0 bridgehead atoms. The summed E-state index contributed by atoms with van der Waals surface area (Å²) in [5, 5.41) is 0.405. The average Bonchev–Trinajstić information content (AvgIpc) is 2.63. The van der Waals surface area contributed by atoms with Gasteiger partial charge < -0.3 is 4.90 Å². The van der Waals surface area contributed by atoms with Gasteiger partial charge in [-0.1, -0.05) is 30.7 Å². The molecule has 0 radical (unpaired) electrons. The normalized spacial score (nSPS) is 15.8. The highest BCUT2D eigenvalue weighted by atomic mass is 35.5. The Morgan fingerprint density at radius 2 is 2.21 bits per heavy atom. The lowest BCUT2D eigenvalue weighted by Gasteiger charge is -2.22. The molecule has 0 N–H and O–H groups in total. The van der Waals surface area contributed by atoms with Crippen molar-refractivity contribution in [3.05, 3.63) is 41.4 Å². The van der Waals surface area contributed by atoms with E-state index in [-0.39, 0.29) is 4.90 Å². The van der Waals surface area contributed by atoms with Gasteiger partial charge in [-0.05, 0) is 18.6 Å². The summed E-state index contributed by atoms with van der Waals surface area (Å²) in [6.07, 6.45) is 2.60. The highest BCUT2D eigenvalue weighted by molar-refractivity contribution is 7.90. The second-order valence-corrected chi connectivity index (χ2v) is 6.22. The zero-order valence-electron chi connectivity index (χ0n) is 10.6. The van der Waals surface area contributed by atoms with Gasteiger partial charge in [0.1, 0.15) is 4.90 Å². The quantitative estimate of drug-likeness (QED) is 0.803. The minimum absolute atomic E-state index is 0.181. The van der Waals surface area contributed by atoms with Crippen molar-refractivity contribution in [2.75, 3.05) is 13.1 Å². The molecule has 0 fully saturated rings. The molecule has 0 aliphatic carbocycles. The Labute approximate surface area is 118 Å². The molecule has 2 rings (SSSR count). The first kappa shape index (κ1) is 14.1. The van der Waals surface area contributed by atoms with Crippen LogP contribution >= 0.6 is 11.6 Å². The number of fused-ring (bicyclic) bond motifs is 1. The molecule has 6 heteroatoms. The molecular weight excluding hydrogens is 284 g/mol. The summed E-state index contributed by atoms with van der Waals surface area (Å²) in [5.41, 5.74) is 0.500. The average molecular weight is 299 g/mol. The highest BCUT2D eigenvalue weighted by Gasteiger charge is 2.33. The maximum Gasteiger partial charge on any atom is 0.285 e. The van der Waals surface area contributed by atoms with Crippen molar-refractivity contribution in [3.63, 3.8) is 0 Å². The highest BCUT2D eigenvalue weighted by Crippen LogP contribution is 2.32. The lowest BCUT2D eigenvalue weighted by molar-refractivity contribution is 0.461. The van der Waals surface area contributed by atoms with Crippen molar-refractivity contribution in [3.8, 4) is 0 Å². The summed E-state index contributed by atoms with van der Waals surface area (Å²) >= 11 is 6.14. The van der Waals surface area contributed by atoms with Gasteiger partial charge in [0.2, 0.25) is 0 Å². The van der Waals surface area contributed by atoms with Crippen molar-refractivity contribution in [2.45, 2.75) is 18.2 Å². The maximum atomic E-state index is 12.0. The second kappa shape index (κ2) is 5.35. The fraction of sp³-hybridized carbons (Fsp3) is 0.308.